The van der Waals surface area contributed by atoms with E-state index in [1.807, 2.05) is 32.9 Å². The number of halogens is 1. The normalized spacial score (nSPS) is 29.7. The van der Waals surface area contributed by atoms with Crippen molar-refractivity contribution in [3.05, 3.63) is 28.5 Å². The van der Waals surface area contributed by atoms with E-state index in [1.54, 1.807) is 11.1 Å². The molecule has 5 nitrogen and oxygen atoms in total. The van der Waals surface area contributed by atoms with Crippen LogP contribution in [0, 0.1) is 23.2 Å². The Morgan fingerprint density at radius 1 is 1.45 bits per heavy atom. The molecule has 6 heteroatoms. The van der Waals surface area contributed by atoms with Crippen LogP contribution >= 0.6 is 15.9 Å². The first-order chi connectivity index (χ1) is 10.3. The number of pyridine rings is 1. The maximum absolute atomic E-state index is 12.1. The van der Waals surface area contributed by atoms with Crippen LogP contribution in [0.1, 0.15) is 26.5 Å². The second-order valence-corrected chi connectivity index (χ2v) is 7.86. The Labute approximate surface area is 138 Å². The summed E-state index contributed by atoms with van der Waals surface area (Å²) in [5, 5.41) is 9.66. The van der Waals surface area contributed by atoms with Crippen molar-refractivity contribution in [3.8, 4) is 6.07 Å². The number of ether oxygens (including phenoxy) is 1. The lowest BCUT2D eigenvalue weighted by atomic mass is 9.96. The first kappa shape index (κ1) is 15.3. The average molecular weight is 364 g/mol. The average Bonchev–Trinajstić information content (AvgIpc) is 2.81. The van der Waals surface area contributed by atoms with E-state index in [4.69, 9.17) is 4.74 Å². The molecule has 3 atom stereocenters. The highest BCUT2D eigenvalue weighted by Crippen LogP contribution is 2.62. The van der Waals surface area contributed by atoms with E-state index in [0.29, 0.717) is 13.1 Å². The monoisotopic (exact) mass is 363 g/mol. The minimum absolute atomic E-state index is 0.152. The SMILES string of the molecule is CC(C)(C)OC(=O)N1CC2[C@H](C1)C2(C#N)c1ccc(Br)cn1. The number of fused-ring (bicyclic) bond motifs is 1. The molecule has 1 aromatic heterocycles. The van der Waals surface area contributed by atoms with Crippen molar-refractivity contribution in [2.24, 2.45) is 11.8 Å². The molecule has 2 aliphatic rings. The largest absolute Gasteiger partial charge is 0.444 e. The Morgan fingerprint density at radius 2 is 2.09 bits per heavy atom. The van der Waals surface area contributed by atoms with Gasteiger partial charge in [-0.2, -0.15) is 5.26 Å². The van der Waals surface area contributed by atoms with Gasteiger partial charge < -0.3 is 9.64 Å². The third-order valence-corrected chi connectivity index (χ3v) is 4.84. The van der Waals surface area contributed by atoms with Crippen molar-refractivity contribution in [3.63, 3.8) is 0 Å². The number of hydrogen-bond acceptors (Lipinski definition) is 4. The highest BCUT2D eigenvalue weighted by Gasteiger charge is 2.71. The van der Waals surface area contributed by atoms with E-state index in [-0.39, 0.29) is 17.9 Å². The summed E-state index contributed by atoms with van der Waals surface area (Å²) in [6, 6.07) is 6.24. The van der Waals surface area contributed by atoms with Crippen molar-refractivity contribution in [1.29, 1.82) is 5.26 Å². The van der Waals surface area contributed by atoms with Gasteiger partial charge in [0, 0.05) is 35.6 Å². The van der Waals surface area contributed by atoms with Crippen LogP contribution in [-0.4, -0.2) is 34.7 Å². The highest BCUT2D eigenvalue weighted by molar-refractivity contribution is 9.10. The van der Waals surface area contributed by atoms with Crippen LogP contribution in [0.3, 0.4) is 0 Å². The first-order valence-corrected chi connectivity index (χ1v) is 8.08. The summed E-state index contributed by atoms with van der Waals surface area (Å²) in [5.74, 6) is 0.303. The van der Waals surface area contributed by atoms with Crippen molar-refractivity contribution < 1.29 is 9.53 Å². The van der Waals surface area contributed by atoms with Crippen LogP contribution in [0.2, 0.25) is 0 Å². The van der Waals surface area contributed by atoms with E-state index in [9.17, 15) is 10.1 Å². The molecule has 3 rings (SSSR count). The third-order valence-electron chi connectivity index (χ3n) is 4.37. The van der Waals surface area contributed by atoms with Crippen LogP contribution in [0.5, 0.6) is 0 Å². The molecule has 1 amide bonds. The van der Waals surface area contributed by atoms with Gasteiger partial charge >= 0.3 is 6.09 Å². The fraction of sp³-hybridized carbons (Fsp3) is 0.562. The van der Waals surface area contributed by atoms with Crippen LogP contribution in [-0.2, 0) is 10.2 Å². The van der Waals surface area contributed by atoms with E-state index in [2.05, 4.69) is 27.0 Å². The Balaban J connectivity index is 1.72. The molecule has 2 heterocycles. The molecule has 0 radical (unpaired) electrons. The van der Waals surface area contributed by atoms with Crippen LogP contribution < -0.4 is 0 Å². The number of carbonyl (C=O) groups excluding carboxylic acids is 1. The Bertz CT molecular complexity index is 633. The third kappa shape index (κ3) is 2.38. The van der Waals surface area contributed by atoms with Gasteiger partial charge in [-0.1, -0.05) is 0 Å². The van der Waals surface area contributed by atoms with Crippen molar-refractivity contribution in [2.75, 3.05) is 13.1 Å². The quantitative estimate of drug-likeness (QED) is 0.768. The number of carbonyl (C=O) groups is 1. The molecule has 22 heavy (non-hydrogen) atoms. The lowest BCUT2D eigenvalue weighted by Crippen LogP contribution is -2.39. The molecule has 0 N–H and O–H groups in total. The van der Waals surface area contributed by atoms with Gasteiger partial charge in [-0.15, -0.1) is 0 Å². The summed E-state index contributed by atoms with van der Waals surface area (Å²) in [6.07, 6.45) is 1.42. The number of likely N-dealkylation sites (tertiary alicyclic amines) is 1. The topological polar surface area (TPSA) is 66.2 Å². The van der Waals surface area contributed by atoms with Gasteiger partial charge in [0.2, 0.25) is 0 Å². The fourth-order valence-electron chi connectivity index (χ4n) is 3.33. The number of piperidine rings is 1. The Morgan fingerprint density at radius 3 is 2.55 bits per heavy atom. The van der Waals surface area contributed by atoms with E-state index < -0.39 is 11.0 Å². The molecule has 1 aliphatic carbocycles. The Kier molecular flexibility index (Phi) is 3.44. The van der Waals surface area contributed by atoms with Gasteiger partial charge in [0.15, 0.2) is 0 Å². The van der Waals surface area contributed by atoms with E-state index in [1.165, 1.54) is 0 Å². The summed E-state index contributed by atoms with van der Waals surface area (Å²) < 4.78 is 6.29. The van der Waals surface area contributed by atoms with E-state index in [0.717, 1.165) is 10.2 Å². The standard InChI is InChI=1S/C16H18BrN3O2/c1-15(2,3)22-14(21)20-7-11-12(8-20)16(11,9-18)13-5-4-10(17)6-19-13/h4-6,11-12H,7-8H2,1-3H3/t11-,12?,16?/m0/s1. The highest BCUT2D eigenvalue weighted by atomic mass is 79.9. The molecule has 1 aromatic rings. The first-order valence-electron chi connectivity index (χ1n) is 7.29. The van der Waals surface area contributed by atoms with Crippen LogP contribution in [0.15, 0.2) is 22.8 Å². The molecule has 2 unspecified atom stereocenters. The van der Waals surface area contributed by atoms with Gasteiger partial charge in [0.05, 0.1) is 11.8 Å². The summed E-state index contributed by atoms with van der Waals surface area (Å²) in [6.45, 7) is 6.68. The lowest BCUT2D eigenvalue weighted by Gasteiger charge is -2.27. The second-order valence-electron chi connectivity index (χ2n) is 6.94. The van der Waals surface area contributed by atoms with Gasteiger partial charge in [0.25, 0.3) is 0 Å². The lowest BCUT2D eigenvalue weighted by molar-refractivity contribution is 0.0265. The molecule has 1 aliphatic heterocycles. The molecule has 2 fully saturated rings. The van der Waals surface area contributed by atoms with Crippen molar-refractivity contribution in [1.82, 2.24) is 9.88 Å². The number of amides is 1. The predicted molar refractivity (Wildman–Crippen MR) is 84.0 cm³/mol. The summed E-state index contributed by atoms with van der Waals surface area (Å²) in [5.41, 5.74) is -0.236. The number of nitrogens with zero attached hydrogens (tertiary/aromatic N) is 3. The molecular formula is C16H18BrN3O2. The summed E-state index contributed by atoms with van der Waals surface area (Å²) >= 11 is 3.36. The predicted octanol–water partition coefficient (Wildman–Crippen LogP) is 3.10. The van der Waals surface area contributed by atoms with Crippen molar-refractivity contribution >= 4 is 22.0 Å². The number of hydrogen-bond donors (Lipinski definition) is 0. The molecular weight excluding hydrogens is 346 g/mol. The molecule has 1 saturated heterocycles. The Hall–Kier alpha value is -1.61. The number of aromatic nitrogens is 1. The molecule has 1 saturated carbocycles. The summed E-state index contributed by atoms with van der Waals surface area (Å²) in [4.78, 5) is 18.2. The molecule has 0 spiro atoms. The van der Waals surface area contributed by atoms with Gasteiger partial charge in [-0.3, -0.25) is 4.98 Å². The maximum atomic E-state index is 12.1. The summed E-state index contributed by atoms with van der Waals surface area (Å²) in [7, 11) is 0. The smallest absolute Gasteiger partial charge is 0.410 e. The van der Waals surface area contributed by atoms with Gasteiger partial charge in [0.1, 0.15) is 11.0 Å². The molecule has 0 bridgehead atoms. The van der Waals surface area contributed by atoms with E-state index >= 15 is 0 Å². The minimum atomic E-state index is -0.542. The fourth-order valence-corrected chi connectivity index (χ4v) is 3.56. The zero-order valence-electron chi connectivity index (χ0n) is 12.8. The maximum Gasteiger partial charge on any atom is 0.410 e. The number of nitriles is 1. The second kappa shape index (κ2) is 4.95. The molecule has 116 valence electrons. The van der Waals surface area contributed by atoms with Gasteiger partial charge in [-0.05, 0) is 48.8 Å². The van der Waals surface area contributed by atoms with Gasteiger partial charge in [-0.25, -0.2) is 4.79 Å². The van der Waals surface area contributed by atoms with Crippen LogP contribution in [0.4, 0.5) is 4.79 Å². The molecule has 0 aromatic carbocycles. The zero-order chi connectivity index (χ0) is 16.1. The minimum Gasteiger partial charge on any atom is -0.444 e. The zero-order valence-corrected chi connectivity index (χ0v) is 14.4. The van der Waals surface area contributed by atoms with Crippen LogP contribution in [0.25, 0.3) is 0 Å². The van der Waals surface area contributed by atoms with Crippen molar-refractivity contribution in [2.45, 2.75) is 31.8 Å². The number of rotatable bonds is 1.